The fourth-order valence-electron chi connectivity index (χ4n) is 1.79. The van der Waals surface area contributed by atoms with Gasteiger partial charge in [0.15, 0.2) is 0 Å². The lowest BCUT2D eigenvalue weighted by Crippen LogP contribution is -2.41. The maximum absolute atomic E-state index is 11.7. The first kappa shape index (κ1) is 15.6. The smallest absolute Gasteiger partial charge is 0.248 e. The summed E-state index contributed by atoms with van der Waals surface area (Å²) in [4.78, 5) is 13.5. The molecule has 1 unspecified atom stereocenters. The Kier molecular flexibility index (Phi) is 8.56. The van der Waals surface area contributed by atoms with Crippen LogP contribution in [-0.2, 0) is 14.3 Å². The summed E-state index contributed by atoms with van der Waals surface area (Å²) in [6, 6.07) is 0.212. The lowest BCUT2D eigenvalue weighted by Gasteiger charge is -2.23. The average molecular weight is 253 g/mol. The molecule has 1 aliphatic rings. The van der Waals surface area contributed by atoms with Gasteiger partial charge in [-0.3, -0.25) is 4.79 Å². The number of hydrogen-bond acceptors (Lipinski definition) is 4. The van der Waals surface area contributed by atoms with Gasteiger partial charge in [0.25, 0.3) is 0 Å². The maximum Gasteiger partial charge on any atom is 0.248 e. The lowest BCUT2D eigenvalue weighted by atomic mass is 10.2. The zero-order chi connectivity index (χ0) is 11.1. The quantitative estimate of drug-likeness (QED) is 0.677. The van der Waals surface area contributed by atoms with Gasteiger partial charge in [0, 0.05) is 26.2 Å². The second kappa shape index (κ2) is 8.75. The molecule has 1 saturated heterocycles. The van der Waals surface area contributed by atoms with Crippen molar-refractivity contribution in [1.82, 2.24) is 4.90 Å². The molecule has 6 heteroatoms. The number of methoxy groups -OCH3 is 1. The molecule has 96 valence electrons. The number of hydrogen-bond donors (Lipinski definition) is 1. The second-order valence-electron chi connectivity index (χ2n) is 3.66. The van der Waals surface area contributed by atoms with Crippen molar-refractivity contribution in [3.05, 3.63) is 0 Å². The summed E-state index contributed by atoms with van der Waals surface area (Å²) in [6.45, 7) is 2.48. The fraction of sp³-hybridized carbons (Fsp3) is 0.900. The van der Waals surface area contributed by atoms with Gasteiger partial charge in [-0.2, -0.15) is 0 Å². The van der Waals surface area contributed by atoms with E-state index in [1.807, 2.05) is 4.90 Å². The average Bonchev–Trinajstić information content (AvgIpc) is 2.72. The molecule has 0 aromatic heterocycles. The number of amides is 1. The van der Waals surface area contributed by atoms with Crippen molar-refractivity contribution in [3.63, 3.8) is 0 Å². The van der Waals surface area contributed by atoms with Crippen LogP contribution in [0.4, 0.5) is 0 Å². The van der Waals surface area contributed by atoms with E-state index in [-0.39, 0.29) is 31.0 Å². The molecular weight excluding hydrogens is 232 g/mol. The third-order valence-corrected chi connectivity index (χ3v) is 2.63. The van der Waals surface area contributed by atoms with Crippen LogP contribution in [0.2, 0.25) is 0 Å². The first-order chi connectivity index (χ1) is 7.29. The van der Waals surface area contributed by atoms with Crippen molar-refractivity contribution in [2.75, 3.05) is 40.0 Å². The minimum absolute atomic E-state index is 0. The predicted octanol–water partition coefficient (Wildman–Crippen LogP) is 0.0209. The number of nitrogens with two attached hydrogens (primary N) is 1. The minimum atomic E-state index is 0. The molecule has 1 fully saturated rings. The van der Waals surface area contributed by atoms with Gasteiger partial charge in [-0.1, -0.05) is 0 Å². The van der Waals surface area contributed by atoms with Crippen LogP contribution in [0.15, 0.2) is 0 Å². The van der Waals surface area contributed by atoms with Crippen molar-refractivity contribution in [2.24, 2.45) is 5.73 Å². The number of nitrogens with zero attached hydrogens (tertiary/aromatic N) is 1. The highest BCUT2D eigenvalue weighted by Crippen LogP contribution is 2.15. The van der Waals surface area contributed by atoms with Crippen LogP contribution in [0.3, 0.4) is 0 Å². The highest BCUT2D eigenvalue weighted by atomic mass is 35.5. The Hall–Kier alpha value is -0.360. The molecule has 0 aromatic rings. The Labute approximate surface area is 103 Å². The minimum Gasteiger partial charge on any atom is -0.382 e. The van der Waals surface area contributed by atoms with Gasteiger partial charge in [0.05, 0.1) is 13.2 Å². The molecule has 1 aliphatic heterocycles. The number of rotatable bonds is 6. The van der Waals surface area contributed by atoms with Crippen molar-refractivity contribution in [3.8, 4) is 0 Å². The Morgan fingerprint density at radius 3 is 2.88 bits per heavy atom. The first-order valence-corrected chi connectivity index (χ1v) is 5.35. The molecule has 1 heterocycles. The number of ether oxygens (including phenoxy) is 2. The number of likely N-dealkylation sites (tertiary alicyclic amines) is 1. The summed E-state index contributed by atoms with van der Waals surface area (Å²) >= 11 is 0. The molecule has 2 N–H and O–H groups in total. The van der Waals surface area contributed by atoms with Crippen molar-refractivity contribution < 1.29 is 14.3 Å². The Morgan fingerprint density at radius 2 is 2.25 bits per heavy atom. The van der Waals surface area contributed by atoms with Crippen LogP contribution in [0.5, 0.6) is 0 Å². The van der Waals surface area contributed by atoms with E-state index < -0.39 is 0 Å². The molecule has 0 aliphatic carbocycles. The summed E-state index contributed by atoms with van der Waals surface area (Å²) in [6.07, 6.45) is 2.06. The van der Waals surface area contributed by atoms with E-state index in [1.165, 1.54) is 0 Å². The largest absolute Gasteiger partial charge is 0.382 e. The van der Waals surface area contributed by atoms with Gasteiger partial charge in [0.1, 0.15) is 6.61 Å². The Bertz CT molecular complexity index is 205. The molecule has 0 radical (unpaired) electrons. The van der Waals surface area contributed by atoms with Gasteiger partial charge in [0.2, 0.25) is 5.91 Å². The van der Waals surface area contributed by atoms with Crippen LogP contribution in [0.1, 0.15) is 12.8 Å². The Morgan fingerprint density at radius 1 is 1.50 bits per heavy atom. The monoisotopic (exact) mass is 252 g/mol. The molecule has 0 spiro atoms. The van der Waals surface area contributed by atoms with Crippen molar-refractivity contribution >= 4 is 18.3 Å². The first-order valence-electron chi connectivity index (χ1n) is 5.35. The number of carbonyl (C=O) groups excluding carboxylic acids is 1. The summed E-state index contributed by atoms with van der Waals surface area (Å²) < 4.78 is 10.0. The normalized spacial score (nSPS) is 19.6. The van der Waals surface area contributed by atoms with E-state index >= 15 is 0 Å². The summed E-state index contributed by atoms with van der Waals surface area (Å²) in [7, 11) is 1.61. The molecule has 1 rings (SSSR count). The highest BCUT2D eigenvalue weighted by Gasteiger charge is 2.27. The van der Waals surface area contributed by atoms with Crippen LogP contribution >= 0.6 is 12.4 Å². The maximum atomic E-state index is 11.7. The van der Waals surface area contributed by atoms with Gasteiger partial charge in [-0.05, 0) is 12.8 Å². The van der Waals surface area contributed by atoms with Crippen LogP contribution < -0.4 is 5.73 Å². The van der Waals surface area contributed by atoms with E-state index in [1.54, 1.807) is 7.11 Å². The molecule has 1 atom stereocenters. The third kappa shape index (κ3) is 4.65. The summed E-state index contributed by atoms with van der Waals surface area (Å²) in [5.74, 6) is 0.0408. The van der Waals surface area contributed by atoms with E-state index in [4.69, 9.17) is 15.2 Å². The zero-order valence-electron chi connectivity index (χ0n) is 9.68. The zero-order valence-corrected chi connectivity index (χ0v) is 10.5. The van der Waals surface area contributed by atoms with Gasteiger partial charge >= 0.3 is 0 Å². The molecule has 0 bridgehead atoms. The second-order valence-corrected chi connectivity index (χ2v) is 3.66. The van der Waals surface area contributed by atoms with E-state index in [0.717, 1.165) is 19.4 Å². The van der Waals surface area contributed by atoms with Crippen molar-refractivity contribution in [1.29, 1.82) is 0 Å². The summed E-state index contributed by atoms with van der Waals surface area (Å²) in [5.41, 5.74) is 5.58. The SMILES string of the molecule is COCCOCC(=O)N1CCCC1CN.Cl. The fourth-order valence-corrected chi connectivity index (χ4v) is 1.79. The van der Waals surface area contributed by atoms with Gasteiger partial charge in [-0.15, -0.1) is 12.4 Å². The van der Waals surface area contributed by atoms with Gasteiger partial charge in [-0.25, -0.2) is 0 Å². The lowest BCUT2D eigenvalue weighted by molar-refractivity contribution is -0.137. The third-order valence-electron chi connectivity index (χ3n) is 2.63. The molecule has 0 saturated carbocycles. The van der Waals surface area contributed by atoms with E-state index in [9.17, 15) is 4.79 Å². The molecule has 5 nitrogen and oxygen atoms in total. The van der Waals surface area contributed by atoms with Crippen LogP contribution in [0.25, 0.3) is 0 Å². The van der Waals surface area contributed by atoms with Crippen LogP contribution in [-0.4, -0.2) is 56.9 Å². The van der Waals surface area contributed by atoms with Crippen LogP contribution in [0, 0.1) is 0 Å². The topological polar surface area (TPSA) is 64.8 Å². The predicted molar refractivity (Wildman–Crippen MR) is 63.7 cm³/mol. The van der Waals surface area contributed by atoms with Gasteiger partial charge < -0.3 is 20.1 Å². The van der Waals surface area contributed by atoms with E-state index in [2.05, 4.69) is 0 Å². The Balaban J connectivity index is 0.00000225. The molecule has 0 aromatic carbocycles. The van der Waals surface area contributed by atoms with Crippen molar-refractivity contribution in [2.45, 2.75) is 18.9 Å². The highest BCUT2D eigenvalue weighted by molar-refractivity contribution is 5.85. The van der Waals surface area contributed by atoms with E-state index in [0.29, 0.717) is 19.8 Å². The standard InChI is InChI=1S/C10H20N2O3.ClH/c1-14-5-6-15-8-10(13)12-4-2-3-9(12)7-11;/h9H,2-8,11H2,1H3;1H. The molecular formula is C10H21ClN2O3. The molecule has 16 heavy (non-hydrogen) atoms. The molecule has 1 amide bonds. The number of carbonyl (C=O) groups is 1. The number of halogens is 1. The summed E-state index contributed by atoms with van der Waals surface area (Å²) in [5, 5.41) is 0.